The lowest BCUT2D eigenvalue weighted by Crippen LogP contribution is -2.48. The van der Waals surface area contributed by atoms with Crippen LogP contribution in [-0.2, 0) is 11.3 Å². The summed E-state index contributed by atoms with van der Waals surface area (Å²) >= 11 is 1.53. The van der Waals surface area contributed by atoms with E-state index in [-0.39, 0.29) is 12.0 Å². The second-order valence-corrected chi connectivity index (χ2v) is 5.83. The Morgan fingerprint density at radius 1 is 1.33 bits per heavy atom. The van der Waals surface area contributed by atoms with Crippen LogP contribution in [0.4, 0.5) is 0 Å². The average molecular weight is 304 g/mol. The fourth-order valence-electron chi connectivity index (χ4n) is 2.17. The molecule has 1 N–H and O–H groups in total. The van der Waals surface area contributed by atoms with Crippen LogP contribution in [0.3, 0.4) is 0 Å². The van der Waals surface area contributed by atoms with Crippen molar-refractivity contribution < 1.29 is 14.3 Å². The Bertz CT molecular complexity index is 656. The van der Waals surface area contributed by atoms with E-state index in [4.69, 9.17) is 9.47 Å². The van der Waals surface area contributed by atoms with Gasteiger partial charge in [0.1, 0.15) is 6.10 Å². The number of hydrogen-bond acceptors (Lipinski definition) is 5. The molecule has 1 amide bonds. The van der Waals surface area contributed by atoms with E-state index >= 15 is 0 Å². The molecule has 2 atom stereocenters. The van der Waals surface area contributed by atoms with Crippen molar-refractivity contribution in [3.63, 3.8) is 0 Å². The lowest BCUT2D eigenvalue weighted by atomic mass is 10.1. The Kier molecular flexibility index (Phi) is 3.79. The third kappa shape index (κ3) is 2.85. The molecule has 0 saturated carbocycles. The maximum Gasteiger partial charge on any atom is 0.265 e. The molecule has 21 heavy (non-hydrogen) atoms. The summed E-state index contributed by atoms with van der Waals surface area (Å²) in [7, 11) is 0. The molecule has 0 fully saturated rings. The van der Waals surface area contributed by atoms with E-state index in [2.05, 4.69) is 10.3 Å². The number of fused-ring (bicyclic) bond motifs is 1. The zero-order valence-corrected chi connectivity index (χ0v) is 12.6. The smallest absolute Gasteiger partial charge is 0.265 e. The van der Waals surface area contributed by atoms with E-state index in [0.29, 0.717) is 18.0 Å². The third-order valence-corrected chi connectivity index (χ3v) is 4.30. The minimum atomic E-state index is -0.645. The van der Waals surface area contributed by atoms with Crippen LogP contribution < -0.4 is 14.8 Å². The van der Waals surface area contributed by atoms with Gasteiger partial charge in [-0.1, -0.05) is 12.1 Å². The highest BCUT2D eigenvalue weighted by atomic mass is 32.1. The zero-order valence-electron chi connectivity index (χ0n) is 11.8. The van der Waals surface area contributed by atoms with Gasteiger partial charge in [0.25, 0.3) is 5.91 Å². The van der Waals surface area contributed by atoms with Crippen LogP contribution in [0, 0.1) is 6.92 Å². The maximum atomic E-state index is 12.3. The molecule has 6 heteroatoms. The highest BCUT2D eigenvalue weighted by molar-refractivity contribution is 7.09. The summed E-state index contributed by atoms with van der Waals surface area (Å²) < 4.78 is 11.5. The Labute approximate surface area is 126 Å². The standard InChI is InChI=1S/C15H16N2O3S/c1-9-13(21-8-17-9)7-16-15(18)14-10(2)19-11-5-3-4-6-12(11)20-14/h3-6,8,10,14H,7H2,1-2H3,(H,16,18). The Hall–Kier alpha value is -2.08. The van der Waals surface area contributed by atoms with E-state index in [1.807, 2.05) is 32.0 Å². The minimum Gasteiger partial charge on any atom is -0.482 e. The molecular formula is C15H16N2O3S. The Morgan fingerprint density at radius 2 is 2.05 bits per heavy atom. The first-order valence-electron chi connectivity index (χ1n) is 6.74. The molecule has 2 heterocycles. The summed E-state index contributed by atoms with van der Waals surface area (Å²) in [6.07, 6.45) is -0.976. The average Bonchev–Trinajstić information content (AvgIpc) is 2.89. The second-order valence-electron chi connectivity index (χ2n) is 4.89. The number of aromatic nitrogens is 1. The summed E-state index contributed by atoms with van der Waals surface area (Å²) in [6, 6.07) is 7.37. The van der Waals surface area contributed by atoms with Crippen LogP contribution in [0.15, 0.2) is 29.8 Å². The number of amides is 1. The van der Waals surface area contributed by atoms with Gasteiger partial charge < -0.3 is 14.8 Å². The Morgan fingerprint density at radius 3 is 2.71 bits per heavy atom. The normalized spacial score (nSPS) is 20.1. The molecule has 1 aliphatic rings. The molecule has 0 saturated heterocycles. The van der Waals surface area contributed by atoms with Crippen LogP contribution >= 0.6 is 11.3 Å². The van der Waals surface area contributed by atoms with Crippen LogP contribution in [0.5, 0.6) is 11.5 Å². The predicted octanol–water partition coefficient (Wildman–Crippen LogP) is 2.30. The van der Waals surface area contributed by atoms with Crippen molar-refractivity contribution in [1.82, 2.24) is 10.3 Å². The van der Waals surface area contributed by atoms with E-state index in [0.717, 1.165) is 10.6 Å². The topological polar surface area (TPSA) is 60.5 Å². The van der Waals surface area contributed by atoms with E-state index in [9.17, 15) is 4.79 Å². The number of para-hydroxylation sites is 2. The molecule has 1 aliphatic heterocycles. The van der Waals surface area contributed by atoms with Gasteiger partial charge in [-0.25, -0.2) is 4.98 Å². The van der Waals surface area contributed by atoms with Gasteiger partial charge in [0.15, 0.2) is 11.5 Å². The summed E-state index contributed by atoms with van der Waals surface area (Å²) in [6.45, 7) is 4.22. The van der Waals surface area contributed by atoms with Gasteiger partial charge in [-0.05, 0) is 26.0 Å². The first-order valence-corrected chi connectivity index (χ1v) is 7.62. The molecule has 0 bridgehead atoms. The molecule has 0 spiro atoms. The quantitative estimate of drug-likeness (QED) is 0.945. The monoisotopic (exact) mass is 304 g/mol. The number of aryl methyl sites for hydroxylation is 1. The predicted molar refractivity (Wildman–Crippen MR) is 79.6 cm³/mol. The number of carbonyl (C=O) groups is 1. The number of hydrogen-bond donors (Lipinski definition) is 1. The van der Waals surface area contributed by atoms with Crippen molar-refractivity contribution in [2.75, 3.05) is 0 Å². The van der Waals surface area contributed by atoms with Crippen molar-refractivity contribution >= 4 is 17.2 Å². The summed E-state index contributed by atoms with van der Waals surface area (Å²) in [5.74, 6) is 1.10. The molecule has 2 unspecified atom stereocenters. The fraction of sp³-hybridized carbons (Fsp3) is 0.333. The number of thiazole rings is 1. The van der Waals surface area contributed by atoms with Gasteiger partial charge in [0.2, 0.25) is 6.10 Å². The highest BCUT2D eigenvalue weighted by Crippen LogP contribution is 2.33. The van der Waals surface area contributed by atoms with Crippen molar-refractivity contribution in [3.05, 3.63) is 40.3 Å². The van der Waals surface area contributed by atoms with Crippen LogP contribution in [-0.4, -0.2) is 23.1 Å². The van der Waals surface area contributed by atoms with Gasteiger partial charge in [0.05, 0.1) is 17.7 Å². The molecule has 1 aromatic carbocycles. The molecule has 1 aromatic heterocycles. The molecule has 3 rings (SSSR count). The van der Waals surface area contributed by atoms with Gasteiger partial charge in [-0.2, -0.15) is 0 Å². The number of nitrogens with one attached hydrogen (secondary N) is 1. The van der Waals surface area contributed by atoms with Crippen LogP contribution in [0.1, 0.15) is 17.5 Å². The van der Waals surface area contributed by atoms with E-state index < -0.39 is 6.10 Å². The van der Waals surface area contributed by atoms with Gasteiger partial charge in [-0.15, -0.1) is 11.3 Å². The van der Waals surface area contributed by atoms with Crippen molar-refractivity contribution in [1.29, 1.82) is 0 Å². The minimum absolute atomic E-state index is 0.176. The van der Waals surface area contributed by atoms with Crippen LogP contribution in [0.25, 0.3) is 0 Å². The molecular weight excluding hydrogens is 288 g/mol. The number of benzene rings is 1. The van der Waals surface area contributed by atoms with Gasteiger partial charge in [-0.3, -0.25) is 4.79 Å². The first kappa shape index (κ1) is 13.9. The number of carbonyl (C=O) groups excluding carboxylic acids is 1. The molecule has 0 radical (unpaired) electrons. The summed E-state index contributed by atoms with van der Waals surface area (Å²) in [5, 5.41) is 2.88. The molecule has 5 nitrogen and oxygen atoms in total. The third-order valence-electron chi connectivity index (χ3n) is 3.37. The highest BCUT2D eigenvalue weighted by Gasteiger charge is 2.33. The van der Waals surface area contributed by atoms with Crippen molar-refractivity contribution in [2.45, 2.75) is 32.6 Å². The number of nitrogens with zero attached hydrogens (tertiary/aromatic N) is 1. The Balaban J connectivity index is 1.66. The van der Waals surface area contributed by atoms with E-state index in [1.54, 1.807) is 11.6 Å². The van der Waals surface area contributed by atoms with Gasteiger partial charge in [0, 0.05) is 4.88 Å². The van der Waals surface area contributed by atoms with Crippen molar-refractivity contribution in [2.24, 2.45) is 0 Å². The van der Waals surface area contributed by atoms with Gasteiger partial charge >= 0.3 is 0 Å². The number of rotatable bonds is 3. The van der Waals surface area contributed by atoms with Crippen LogP contribution in [0.2, 0.25) is 0 Å². The number of ether oxygens (including phenoxy) is 2. The lowest BCUT2D eigenvalue weighted by Gasteiger charge is -2.30. The molecule has 0 aliphatic carbocycles. The molecule has 110 valence electrons. The second kappa shape index (κ2) is 5.73. The largest absolute Gasteiger partial charge is 0.482 e. The van der Waals surface area contributed by atoms with E-state index in [1.165, 1.54) is 11.3 Å². The van der Waals surface area contributed by atoms with Crippen molar-refractivity contribution in [3.8, 4) is 11.5 Å². The summed E-state index contributed by atoms with van der Waals surface area (Å²) in [4.78, 5) is 17.5. The molecule has 2 aromatic rings. The maximum absolute atomic E-state index is 12.3. The SMILES string of the molecule is Cc1ncsc1CNC(=O)C1Oc2ccccc2OC1C. The first-order chi connectivity index (χ1) is 10.1. The lowest BCUT2D eigenvalue weighted by molar-refractivity contribution is -0.133. The summed E-state index contributed by atoms with van der Waals surface area (Å²) in [5.41, 5.74) is 2.72. The zero-order chi connectivity index (χ0) is 14.8. The fourth-order valence-corrected chi connectivity index (χ4v) is 2.89.